The van der Waals surface area contributed by atoms with Gasteiger partial charge in [0.15, 0.2) is 0 Å². The van der Waals surface area contributed by atoms with Gasteiger partial charge in [-0.1, -0.05) is 36.2 Å². The van der Waals surface area contributed by atoms with E-state index in [0.29, 0.717) is 14.5 Å². The molecule has 2 aromatic carbocycles. The van der Waals surface area contributed by atoms with Gasteiger partial charge in [-0.3, -0.25) is 0 Å². The molecule has 0 spiro atoms. The summed E-state index contributed by atoms with van der Waals surface area (Å²) in [5.74, 6) is -0.293. The monoisotopic (exact) mass is 375 g/mol. The van der Waals surface area contributed by atoms with Crippen LogP contribution in [0.5, 0.6) is 0 Å². The Labute approximate surface area is 136 Å². The van der Waals surface area contributed by atoms with Crippen LogP contribution in [0.4, 0.5) is 10.1 Å². The van der Waals surface area contributed by atoms with E-state index < -0.39 is 0 Å². The largest absolute Gasteiger partial charge is 0.378 e. The number of hydrogen-bond acceptors (Lipinski definition) is 1. The quantitative estimate of drug-likeness (QED) is 0.645. The first-order valence-electron chi connectivity index (χ1n) is 6.17. The zero-order valence-corrected chi connectivity index (χ0v) is 13.9. The maximum atomic E-state index is 13.5. The number of halogens is 4. The maximum absolute atomic E-state index is 13.5. The van der Waals surface area contributed by atoms with E-state index in [4.69, 9.17) is 23.2 Å². The van der Waals surface area contributed by atoms with Crippen molar-refractivity contribution in [2.24, 2.45) is 0 Å². The molecule has 0 heterocycles. The van der Waals surface area contributed by atoms with Crippen LogP contribution in [-0.2, 0) is 0 Å². The summed E-state index contributed by atoms with van der Waals surface area (Å²) in [7, 11) is 0. The third-order valence-electron chi connectivity index (χ3n) is 3.01. The van der Waals surface area contributed by atoms with Crippen LogP contribution >= 0.6 is 39.1 Å². The molecule has 0 aliphatic carbocycles. The molecular formula is C15H13BrCl2FN. The Morgan fingerprint density at radius 2 is 1.90 bits per heavy atom. The van der Waals surface area contributed by atoms with Crippen molar-refractivity contribution in [1.82, 2.24) is 0 Å². The molecule has 2 aromatic rings. The lowest BCUT2D eigenvalue weighted by Gasteiger charge is -2.19. The Balaban J connectivity index is 2.23. The van der Waals surface area contributed by atoms with Gasteiger partial charge in [0, 0.05) is 5.69 Å². The van der Waals surface area contributed by atoms with E-state index >= 15 is 0 Å². The molecule has 0 aromatic heterocycles. The fourth-order valence-electron chi connectivity index (χ4n) is 1.94. The van der Waals surface area contributed by atoms with Gasteiger partial charge in [-0.25, -0.2) is 4.39 Å². The molecule has 1 atom stereocenters. The first-order chi connectivity index (χ1) is 9.51. The van der Waals surface area contributed by atoms with E-state index in [0.717, 1.165) is 17.7 Å². The fourth-order valence-corrected chi connectivity index (χ4v) is 2.49. The fraction of sp³-hybridized carbons (Fsp3) is 0.200. The molecule has 0 bridgehead atoms. The highest BCUT2D eigenvalue weighted by Gasteiger charge is 2.11. The summed E-state index contributed by atoms with van der Waals surface area (Å²) in [5.41, 5.74) is 1.74. The molecule has 0 aliphatic heterocycles. The predicted octanol–water partition coefficient (Wildman–Crippen LogP) is 6.46. The third-order valence-corrected chi connectivity index (χ3v) is 4.40. The lowest BCUT2D eigenvalue weighted by Crippen LogP contribution is -2.09. The van der Waals surface area contributed by atoms with Crippen molar-refractivity contribution in [1.29, 1.82) is 0 Å². The van der Waals surface area contributed by atoms with Gasteiger partial charge in [0.05, 0.1) is 20.6 Å². The molecule has 2 rings (SSSR count). The molecule has 0 radical (unpaired) electrons. The van der Waals surface area contributed by atoms with Crippen LogP contribution in [0.3, 0.4) is 0 Å². The minimum absolute atomic E-state index is 0.0466. The van der Waals surface area contributed by atoms with Crippen molar-refractivity contribution in [2.75, 3.05) is 5.32 Å². The summed E-state index contributed by atoms with van der Waals surface area (Å²) in [6.07, 6.45) is 0.843. The van der Waals surface area contributed by atoms with Crippen LogP contribution in [0.1, 0.15) is 24.9 Å². The second-order valence-corrected chi connectivity index (χ2v) is 6.08. The average Bonchev–Trinajstić information content (AvgIpc) is 2.43. The van der Waals surface area contributed by atoms with Crippen molar-refractivity contribution in [2.45, 2.75) is 19.4 Å². The van der Waals surface area contributed by atoms with Crippen LogP contribution in [0.15, 0.2) is 40.9 Å². The second kappa shape index (κ2) is 6.79. The molecular weight excluding hydrogens is 364 g/mol. The van der Waals surface area contributed by atoms with E-state index in [-0.39, 0.29) is 11.9 Å². The van der Waals surface area contributed by atoms with Crippen LogP contribution in [0, 0.1) is 5.82 Å². The SMILES string of the molecule is CCC(Nc1ccc(Br)c(F)c1)c1ccc(Cl)c(Cl)c1. The van der Waals surface area contributed by atoms with Crippen molar-refractivity contribution >= 4 is 44.8 Å². The van der Waals surface area contributed by atoms with Crippen LogP contribution in [0.25, 0.3) is 0 Å². The van der Waals surface area contributed by atoms with Gasteiger partial charge in [0.25, 0.3) is 0 Å². The van der Waals surface area contributed by atoms with Gasteiger partial charge in [-0.2, -0.15) is 0 Å². The minimum Gasteiger partial charge on any atom is -0.378 e. The van der Waals surface area contributed by atoms with Crippen LogP contribution in [0.2, 0.25) is 10.0 Å². The van der Waals surface area contributed by atoms with Crippen molar-refractivity contribution in [3.8, 4) is 0 Å². The minimum atomic E-state index is -0.293. The summed E-state index contributed by atoms with van der Waals surface area (Å²) < 4.78 is 14.0. The summed E-state index contributed by atoms with van der Waals surface area (Å²) in [6.45, 7) is 2.05. The molecule has 0 saturated carbocycles. The van der Waals surface area contributed by atoms with E-state index in [9.17, 15) is 4.39 Å². The molecule has 0 amide bonds. The lowest BCUT2D eigenvalue weighted by atomic mass is 10.0. The van der Waals surface area contributed by atoms with Gasteiger partial charge in [-0.15, -0.1) is 0 Å². The Bertz CT molecular complexity index is 619. The number of hydrogen-bond donors (Lipinski definition) is 1. The van der Waals surface area contributed by atoms with Gasteiger partial charge >= 0.3 is 0 Å². The highest BCUT2D eigenvalue weighted by Crippen LogP contribution is 2.29. The predicted molar refractivity (Wildman–Crippen MR) is 87.2 cm³/mol. The zero-order valence-electron chi connectivity index (χ0n) is 10.8. The Kier molecular flexibility index (Phi) is 5.30. The number of benzene rings is 2. The van der Waals surface area contributed by atoms with Crippen molar-refractivity contribution in [3.63, 3.8) is 0 Å². The van der Waals surface area contributed by atoms with Gasteiger partial charge in [0.2, 0.25) is 0 Å². The first kappa shape index (κ1) is 15.6. The zero-order chi connectivity index (χ0) is 14.7. The Hall–Kier alpha value is -0.770. The smallest absolute Gasteiger partial charge is 0.139 e. The standard InChI is InChI=1S/C15H13BrCl2FN/c1-2-15(9-3-6-12(17)13(18)7-9)20-10-4-5-11(16)14(19)8-10/h3-8,15,20H,2H2,1H3. The summed E-state index contributed by atoms with van der Waals surface area (Å²) in [5, 5.41) is 4.34. The Morgan fingerprint density at radius 1 is 1.15 bits per heavy atom. The molecule has 0 aliphatic rings. The lowest BCUT2D eigenvalue weighted by molar-refractivity contribution is 0.620. The van der Waals surface area contributed by atoms with E-state index in [1.807, 2.05) is 18.2 Å². The normalized spacial score (nSPS) is 12.2. The van der Waals surface area contributed by atoms with Gasteiger partial charge < -0.3 is 5.32 Å². The number of rotatable bonds is 4. The highest BCUT2D eigenvalue weighted by molar-refractivity contribution is 9.10. The number of anilines is 1. The molecule has 20 heavy (non-hydrogen) atoms. The molecule has 0 fully saturated rings. The molecule has 1 unspecified atom stereocenters. The molecule has 106 valence electrons. The first-order valence-corrected chi connectivity index (χ1v) is 7.72. The summed E-state index contributed by atoms with van der Waals surface area (Å²) in [6, 6.07) is 10.5. The van der Waals surface area contributed by atoms with E-state index in [1.165, 1.54) is 6.07 Å². The molecule has 1 N–H and O–H groups in total. The van der Waals surface area contributed by atoms with E-state index in [1.54, 1.807) is 12.1 Å². The topological polar surface area (TPSA) is 12.0 Å². The maximum Gasteiger partial charge on any atom is 0.139 e. The average molecular weight is 377 g/mol. The van der Waals surface area contributed by atoms with Crippen molar-refractivity contribution in [3.05, 3.63) is 62.3 Å². The van der Waals surface area contributed by atoms with Gasteiger partial charge in [0.1, 0.15) is 5.82 Å². The van der Waals surface area contributed by atoms with Crippen LogP contribution in [-0.4, -0.2) is 0 Å². The Morgan fingerprint density at radius 3 is 2.50 bits per heavy atom. The molecule has 1 nitrogen and oxygen atoms in total. The third kappa shape index (κ3) is 3.66. The van der Waals surface area contributed by atoms with Crippen LogP contribution < -0.4 is 5.32 Å². The number of nitrogens with one attached hydrogen (secondary N) is 1. The van der Waals surface area contributed by atoms with Crippen molar-refractivity contribution < 1.29 is 4.39 Å². The highest BCUT2D eigenvalue weighted by atomic mass is 79.9. The molecule has 0 saturated heterocycles. The summed E-state index contributed by atoms with van der Waals surface area (Å²) >= 11 is 15.1. The van der Waals surface area contributed by atoms with Gasteiger partial charge in [-0.05, 0) is 58.2 Å². The van der Waals surface area contributed by atoms with E-state index in [2.05, 4.69) is 28.2 Å². The molecule has 5 heteroatoms. The summed E-state index contributed by atoms with van der Waals surface area (Å²) in [4.78, 5) is 0. The second-order valence-electron chi connectivity index (χ2n) is 4.41.